The third kappa shape index (κ3) is 9.14. The molecule has 0 radical (unpaired) electrons. The van der Waals surface area contributed by atoms with Gasteiger partial charge in [0.1, 0.15) is 11.5 Å². The zero-order chi connectivity index (χ0) is 26.6. The van der Waals surface area contributed by atoms with Gasteiger partial charge in [0.2, 0.25) is 5.91 Å². The maximum absolute atomic E-state index is 12.2. The van der Waals surface area contributed by atoms with Gasteiger partial charge in [0.05, 0.1) is 12.7 Å². The number of nitrogens with one attached hydrogen (secondary N) is 2. The Hall–Kier alpha value is -4.66. The van der Waals surface area contributed by atoms with Crippen molar-refractivity contribution in [3.05, 3.63) is 83.9 Å². The van der Waals surface area contributed by atoms with E-state index in [1.807, 2.05) is 31.2 Å². The monoisotopic (exact) mass is 504 g/mol. The fourth-order valence-electron chi connectivity index (χ4n) is 3.26. The molecule has 0 aliphatic heterocycles. The van der Waals surface area contributed by atoms with Crippen LogP contribution in [0.3, 0.4) is 0 Å². The number of amides is 2. The maximum atomic E-state index is 12.2. The van der Waals surface area contributed by atoms with Crippen molar-refractivity contribution in [2.24, 2.45) is 0 Å². The van der Waals surface area contributed by atoms with Crippen molar-refractivity contribution in [3.8, 4) is 11.5 Å². The molecule has 3 aromatic rings. The van der Waals surface area contributed by atoms with E-state index >= 15 is 0 Å². The van der Waals surface area contributed by atoms with Crippen molar-refractivity contribution in [2.75, 3.05) is 24.4 Å². The molecule has 0 atom stereocenters. The molecule has 0 aliphatic rings. The topological polar surface area (TPSA) is 120 Å². The Balaban J connectivity index is 1.32. The summed E-state index contributed by atoms with van der Waals surface area (Å²) in [5.41, 5.74) is 2.50. The molecule has 2 amide bonds. The number of carbonyl (C=O) groups is 4. The lowest BCUT2D eigenvalue weighted by molar-refractivity contribution is -0.147. The second-order valence-corrected chi connectivity index (χ2v) is 8.12. The minimum Gasteiger partial charge on any atom is -0.465 e. The standard InChI is InChI=1S/C28H28N2O7/c1-19-5-3-6-24(17-19)37-23-15-13-22(14-16-23)29-25(31)7-4-8-27(33)36-18-26(32)30-21-11-9-20(10-12-21)28(34)35-2/h3,5-6,9-17H,4,7-8,18H2,1-2H3,(H,29,31)(H,30,32). The van der Waals surface area contributed by atoms with E-state index < -0.39 is 24.5 Å². The van der Waals surface area contributed by atoms with Crippen LogP contribution in [0.2, 0.25) is 0 Å². The summed E-state index contributed by atoms with van der Waals surface area (Å²) < 4.78 is 15.4. The molecule has 2 N–H and O–H groups in total. The summed E-state index contributed by atoms with van der Waals surface area (Å²) in [4.78, 5) is 47.5. The summed E-state index contributed by atoms with van der Waals surface area (Å²) >= 11 is 0. The number of carbonyl (C=O) groups excluding carboxylic acids is 4. The zero-order valence-corrected chi connectivity index (χ0v) is 20.6. The summed E-state index contributed by atoms with van der Waals surface area (Å²) in [6, 6.07) is 20.8. The molecule has 9 heteroatoms. The SMILES string of the molecule is COC(=O)c1ccc(NC(=O)COC(=O)CCCC(=O)Nc2ccc(Oc3cccc(C)c3)cc2)cc1. The maximum Gasteiger partial charge on any atom is 0.337 e. The predicted octanol–water partition coefficient (Wildman–Crippen LogP) is 4.86. The first-order valence-corrected chi connectivity index (χ1v) is 11.6. The van der Waals surface area contributed by atoms with Crippen molar-refractivity contribution < 1.29 is 33.4 Å². The third-order valence-electron chi connectivity index (χ3n) is 5.10. The van der Waals surface area contributed by atoms with E-state index in [-0.39, 0.29) is 25.2 Å². The highest BCUT2D eigenvalue weighted by molar-refractivity contribution is 5.94. The lowest BCUT2D eigenvalue weighted by Gasteiger charge is -2.09. The number of rotatable bonds is 11. The van der Waals surface area contributed by atoms with Gasteiger partial charge in [-0.25, -0.2) is 4.79 Å². The van der Waals surface area contributed by atoms with Crippen LogP contribution in [0.15, 0.2) is 72.8 Å². The Morgan fingerprint density at radius 2 is 1.41 bits per heavy atom. The predicted molar refractivity (Wildman–Crippen MR) is 138 cm³/mol. The fraction of sp³-hybridized carbons (Fsp3) is 0.214. The van der Waals surface area contributed by atoms with Crippen LogP contribution in [0.4, 0.5) is 11.4 Å². The number of hydrogen-bond acceptors (Lipinski definition) is 7. The van der Waals surface area contributed by atoms with Gasteiger partial charge in [-0.1, -0.05) is 12.1 Å². The van der Waals surface area contributed by atoms with Crippen LogP contribution in [0, 0.1) is 6.92 Å². The van der Waals surface area contributed by atoms with E-state index in [4.69, 9.17) is 9.47 Å². The molecule has 37 heavy (non-hydrogen) atoms. The molecule has 0 saturated heterocycles. The van der Waals surface area contributed by atoms with Crippen LogP contribution >= 0.6 is 0 Å². The van der Waals surface area contributed by atoms with Crippen molar-refractivity contribution >= 4 is 35.1 Å². The van der Waals surface area contributed by atoms with Gasteiger partial charge in [-0.05, 0) is 79.6 Å². The van der Waals surface area contributed by atoms with Crippen LogP contribution in [-0.4, -0.2) is 37.5 Å². The second-order valence-electron chi connectivity index (χ2n) is 8.12. The van der Waals surface area contributed by atoms with Crippen LogP contribution < -0.4 is 15.4 Å². The van der Waals surface area contributed by atoms with Crippen molar-refractivity contribution in [1.82, 2.24) is 0 Å². The molecule has 0 saturated carbocycles. The summed E-state index contributed by atoms with van der Waals surface area (Å²) in [6.07, 6.45) is 0.392. The Morgan fingerprint density at radius 1 is 0.757 bits per heavy atom. The summed E-state index contributed by atoms with van der Waals surface area (Å²) in [5.74, 6) is -0.451. The zero-order valence-electron chi connectivity index (χ0n) is 20.6. The van der Waals surface area contributed by atoms with Crippen LogP contribution in [0.25, 0.3) is 0 Å². The van der Waals surface area contributed by atoms with E-state index in [9.17, 15) is 19.2 Å². The molecule has 9 nitrogen and oxygen atoms in total. The number of ether oxygens (including phenoxy) is 3. The minimum atomic E-state index is -0.582. The summed E-state index contributed by atoms with van der Waals surface area (Å²) in [6.45, 7) is 1.53. The molecule has 0 spiro atoms. The molecule has 0 aliphatic carbocycles. The molecule has 3 aromatic carbocycles. The van der Waals surface area contributed by atoms with Crippen LogP contribution in [0.1, 0.15) is 35.2 Å². The molecule has 0 unspecified atom stereocenters. The molecule has 0 fully saturated rings. The van der Waals surface area contributed by atoms with Crippen molar-refractivity contribution in [3.63, 3.8) is 0 Å². The van der Waals surface area contributed by atoms with E-state index in [0.29, 0.717) is 22.7 Å². The quantitative estimate of drug-likeness (QED) is 0.358. The Labute approximate surface area is 214 Å². The van der Waals surface area contributed by atoms with Gasteiger partial charge in [0.25, 0.3) is 5.91 Å². The molecular weight excluding hydrogens is 476 g/mol. The average molecular weight is 505 g/mol. The lowest BCUT2D eigenvalue weighted by Crippen LogP contribution is -2.21. The van der Waals surface area contributed by atoms with Gasteiger partial charge < -0.3 is 24.8 Å². The number of esters is 2. The van der Waals surface area contributed by atoms with Crippen molar-refractivity contribution in [2.45, 2.75) is 26.2 Å². The Bertz CT molecular complexity index is 1240. The van der Waals surface area contributed by atoms with Crippen LogP contribution in [0.5, 0.6) is 11.5 Å². The highest BCUT2D eigenvalue weighted by atomic mass is 16.5. The molecule has 0 heterocycles. The molecule has 0 bridgehead atoms. The minimum absolute atomic E-state index is 0.00219. The normalized spacial score (nSPS) is 10.2. The summed E-state index contributed by atoms with van der Waals surface area (Å²) in [5, 5.41) is 5.33. The van der Waals surface area contributed by atoms with Crippen molar-refractivity contribution in [1.29, 1.82) is 0 Å². The summed E-state index contributed by atoms with van der Waals surface area (Å²) in [7, 11) is 1.28. The van der Waals surface area contributed by atoms with E-state index in [2.05, 4.69) is 15.4 Å². The van der Waals surface area contributed by atoms with Gasteiger partial charge in [-0.3, -0.25) is 14.4 Å². The van der Waals surface area contributed by atoms with E-state index in [1.54, 1.807) is 24.3 Å². The fourth-order valence-corrected chi connectivity index (χ4v) is 3.26. The number of hydrogen-bond donors (Lipinski definition) is 2. The average Bonchev–Trinajstić information content (AvgIpc) is 2.88. The Kier molecular flexibility index (Phi) is 9.78. The molecule has 3 rings (SSSR count). The van der Waals surface area contributed by atoms with Gasteiger partial charge in [-0.15, -0.1) is 0 Å². The largest absolute Gasteiger partial charge is 0.465 e. The van der Waals surface area contributed by atoms with Gasteiger partial charge in [0.15, 0.2) is 6.61 Å². The lowest BCUT2D eigenvalue weighted by atomic mass is 10.2. The Morgan fingerprint density at radius 3 is 2.05 bits per heavy atom. The molecule has 0 aromatic heterocycles. The number of benzene rings is 3. The van der Waals surface area contributed by atoms with Gasteiger partial charge >= 0.3 is 11.9 Å². The number of methoxy groups -OCH3 is 1. The van der Waals surface area contributed by atoms with Gasteiger partial charge in [-0.2, -0.15) is 0 Å². The smallest absolute Gasteiger partial charge is 0.337 e. The first-order valence-electron chi connectivity index (χ1n) is 11.6. The highest BCUT2D eigenvalue weighted by Crippen LogP contribution is 2.23. The first-order chi connectivity index (χ1) is 17.8. The van der Waals surface area contributed by atoms with E-state index in [1.165, 1.54) is 31.4 Å². The second kappa shape index (κ2) is 13.4. The van der Waals surface area contributed by atoms with E-state index in [0.717, 1.165) is 11.3 Å². The van der Waals surface area contributed by atoms with Crippen LogP contribution in [-0.2, 0) is 23.9 Å². The highest BCUT2D eigenvalue weighted by Gasteiger charge is 2.11. The number of aryl methyl sites for hydroxylation is 1. The number of anilines is 2. The first kappa shape index (κ1) is 26.9. The third-order valence-corrected chi connectivity index (χ3v) is 5.10. The molecular formula is C28H28N2O7. The van der Waals surface area contributed by atoms with Gasteiger partial charge in [0, 0.05) is 24.2 Å². The molecule has 192 valence electrons.